The first-order valence-electron chi connectivity index (χ1n) is 5.02. The van der Waals surface area contributed by atoms with Crippen LogP contribution in [0.1, 0.15) is 6.42 Å². The molecule has 0 radical (unpaired) electrons. The largest absolute Gasteiger partial charge is 0.369 e. The number of aromatic amines is 1. The second kappa shape index (κ2) is 4.96. The summed E-state index contributed by atoms with van der Waals surface area (Å²) in [6, 6.07) is 0. The minimum Gasteiger partial charge on any atom is -0.369 e. The zero-order valence-corrected chi connectivity index (χ0v) is 9.88. The predicted octanol–water partition coefficient (Wildman–Crippen LogP) is 0.554. The van der Waals surface area contributed by atoms with Gasteiger partial charge in [-0.15, -0.1) is 0 Å². The van der Waals surface area contributed by atoms with Gasteiger partial charge in [-0.3, -0.25) is 9.89 Å². The van der Waals surface area contributed by atoms with Gasteiger partial charge in [0.25, 0.3) is 0 Å². The maximum Gasteiger partial charge on any atom is 0.226 e. The van der Waals surface area contributed by atoms with Crippen molar-refractivity contribution in [3.63, 3.8) is 0 Å². The number of carbonyl (C=O) groups excluding carboxylic acids is 1. The van der Waals surface area contributed by atoms with Crippen molar-refractivity contribution in [1.29, 1.82) is 0 Å². The number of fused-ring (bicyclic) bond motifs is 1. The van der Waals surface area contributed by atoms with Crippen LogP contribution in [-0.4, -0.2) is 39.7 Å². The first-order valence-corrected chi connectivity index (χ1v) is 5.39. The number of H-pyrrole nitrogens is 1. The minimum absolute atomic E-state index is 0.0407. The van der Waals surface area contributed by atoms with E-state index in [1.54, 1.807) is 13.2 Å². The van der Waals surface area contributed by atoms with Gasteiger partial charge in [0, 0.05) is 20.0 Å². The Balaban J connectivity index is 2.12. The van der Waals surface area contributed by atoms with Gasteiger partial charge in [-0.25, -0.2) is 0 Å². The van der Waals surface area contributed by atoms with Gasteiger partial charge in [-0.1, -0.05) is 0 Å². The lowest BCUT2D eigenvalue weighted by molar-refractivity contribution is -0.120. The predicted molar refractivity (Wildman–Crippen MR) is 63.9 cm³/mol. The van der Waals surface area contributed by atoms with Crippen molar-refractivity contribution in [1.82, 2.24) is 25.5 Å². The summed E-state index contributed by atoms with van der Waals surface area (Å²) in [5, 5.41) is 13.0. The molecule has 0 bridgehead atoms. The lowest BCUT2D eigenvalue weighted by Crippen LogP contribution is -2.21. The summed E-state index contributed by atoms with van der Waals surface area (Å²) in [5.41, 5.74) is 0.562. The summed E-state index contributed by atoms with van der Waals surface area (Å²) in [7, 11) is 1.60. The highest BCUT2D eigenvalue weighted by molar-refractivity contribution is 6.28. The van der Waals surface area contributed by atoms with Crippen LogP contribution in [0.4, 0.5) is 5.82 Å². The SMILES string of the molecule is CNC(=O)CCNc1nc(Cl)nc2[nH]ncc12. The molecular formula is C9H11ClN6O. The molecule has 8 heteroatoms. The van der Waals surface area contributed by atoms with Crippen LogP contribution in [0.5, 0.6) is 0 Å². The highest BCUT2D eigenvalue weighted by atomic mass is 35.5. The van der Waals surface area contributed by atoms with Crippen molar-refractivity contribution in [3.05, 3.63) is 11.5 Å². The quantitative estimate of drug-likeness (QED) is 0.693. The van der Waals surface area contributed by atoms with Crippen molar-refractivity contribution in [2.24, 2.45) is 0 Å². The van der Waals surface area contributed by atoms with E-state index in [0.29, 0.717) is 24.4 Å². The fourth-order valence-electron chi connectivity index (χ4n) is 1.36. The molecule has 7 nitrogen and oxygen atoms in total. The molecule has 0 aliphatic rings. The Bertz CT molecular complexity index is 539. The van der Waals surface area contributed by atoms with Crippen molar-refractivity contribution in [2.45, 2.75) is 6.42 Å². The standard InChI is InChI=1S/C9H11ClN6O/c1-11-6(17)2-3-12-7-5-4-13-16-8(5)15-9(10)14-7/h4H,2-3H2,1H3,(H,11,17)(H2,12,13,14,15,16). The Morgan fingerprint density at radius 2 is 2.35 bits per heavy atom. The number of carbonyl (C=O) groups is 1. The van der Waals surface area contributed by atoms with Crippen LogP contribution in [0.15, 0.2) is 6.20 Å². The molecule has 0 saturated carbocycles. The Labute approximate surface area is 102 Å². The Morgan fingerprint density at radius 1 is 1.53 bits per heavy atom. The smallest absolute Gasteiger partial charge is 0.226 e. The number of amides is 1. The van der Waals surface area contributed by atoms with Crippen molar-refractivity contribution in [2.75, 3.05) is 18.9 Å². The van der Waals surface area contributed by atoms with E-state index in [9.17, 15) is 4.79 Å². The number of rotatable bonds is 4. The van der Waals surface area contributed by atoms with Gasteiger partial charge in [0.05, 0.1) is 11.6 Å². The van der Waals surface area contributed by atoms with E-state index in [-0.39, 0.29) is 11.2 Å². The number of halogens is 1. The van der Waals surface area contributed by atoms with Crippen molar-refractivity contribution in [3.8, 4) is 0 Å². The zero-order valence-electron chi connectivity index (χ0n) is 9.12. The molecule has 2 heterocycles. The van der Waals surface area contributed by atoms with Crippen LogP contribution in [-0.2, 0) is 4.79 Å². The molecule has 0 saturated heterocycles. The van der Waals surface area contributed by atoms with Gasteiger partial charge >= 0.3 is 0 Å². The summed E-state index contributed by atoms with van der Waals surface area (Å²) in [5.74, 6) is 0.527. The molecule has 2 rings (SSSR count). The molecule has 2 aromatic rings. The van der Waals surface area contributed by atoms with Gasteiger partial charge < -0.3 is 10.6 Å². The van der Waals surface area contributed by atoms with Crippen LogP contribution < -0.4 is 10.6 Å². The van der Waals surface area contributed by atoms with E-state index in [4.69, 9.17) is 11.6 Å². The van der Waals surface area contributed by atoms with E-state index in [1.807, 2.05) is 0 Å². The summed E-state index contributed by atoms with van der Waals surface area (Å²) >= 11 is 5.76. The Hall–Kier alpha value is -1.89. The number of anilines is 1. The lowest BCUT2D eigenvalue weighted by atomic mass is 10.3. The van der Waals surface area contributed by atoms with Gasteiger partial charge in [0.2, 0.25) is 11.2 Å². The first-order chi connectivity index (χ1) is 8.20. The number of nitrogens with one attached hydrogen (secondary N) is 3. The highest BCUT2D eigenvalue weighted by Crippen LogP contribution is 2.19. The fraction of sp³-hybridized carbons (Fsp3) is 0.333. The molecule has 1 amide bonds. The van der Waals surface area contributed by atoms with Gasteiger partial charge in [0.1, 0.15) is 5.82 Å². The number of aromatic nitrogens is 4. The van der Waals surface area contributed by atoms with Crippen LogP contribution in [0, 0.1) is 0 Å². The number of hydrogen-bond acceptors (Lipinski definition) is 5. The highest BCUT2D eigenvalue weighted by Gasteiger charge is 2.08. The van der Waals surface area contributed by atoms with E-state index in [2.05, 4.69) is 30.8 Å². The monoisotopic (exact) mass is 254 g/mol. The molecule has 0 spiro atoms. The summed E-state index contributed by atoms with van der Waals surface area (Å²) in [6.45, 7) is 0.466. The minimum atomic E-state index is -0.0407. The fourth-order valence-corrected chi connectivity index (χ4v) is 1.53. The third kappa shape index (κ3) is 2.62. The topological polar surface area (TPSA) is 95.6 Å². The second-order valence-corrected chi connectivity index (χ2v) is 3.66. The number of hydrogen-bond donors (Lipinski definition) is 3. The van der Waals surface area contributed by atoms with Gasteiger partial charge in [-0.05, 0) is 11.6 Å². The third-order valence-electron chi connectivity index (χ3n) is 2.21. The van der Waals surface area contributed by atoms with Crippen molar-refractivity contribution >= 4 is 34.4 Å². The maximum absolute atomic E-state index is 11.1. The molecule has 0 atom stereocenters. The second-order valence-electron chi connectivity index (χ2n) is 3.32. The van der Waals surface area contributed by atoms with Gasteiger partial charge in [0.15, 0.2) is 5.65 Å². The van der Waals surface area contributed by atoms with E-state index in [0.717, 1.165) is 5.39 Å². The summed E-state index contributed by atoms with van der Waals surface area (Å²) in [6.07, 6.45) is 1.96. The molecule has 2 aromatic heterocycles. The molecule has 90 valence electrons. The number of nitrogens with zero attached hydrogens (tertiary/aromatic N) is 3. The summed E-state index contributed by atoms with van der Waals surface area (Å²) in [4.78, 5) is 19.1. The molecule has 0 aromatic carbocycles. The maximum atomic E-state index is 11.1. The third-order valence-corrected chi connectivity index (χ3v) is 2.37. The molecule has 3 N–H and O–H groups in total. The molecule has 0 fully saturated rings. The normalized spacial score (nSPS) is 10.5. The Kier molecular flexibility index (Phi) is 3.38. The van der Waals surface area contributed by atoms with Crippen LogP contribution in [0.2, 0.25) is 5.28 Å². The molecule has 0 aliphatic carbocycles. The molecule has 0 aliphatic heterocycles. The zero-order chi connectivity index (χ0) is 12.3. The first kappa shape index (κ1) is 11.6. The van der Waals surface area contributed by atoms with Crippen LogP contribution in [0.3, 0.4) is 0 Å². The summed E-state index contributed by atoms with van der Waals surface area (Å²) < 4.78 is 0. The van der Waals surface area contributed by atoms with Crippen molar-refractivity contribution < 1.29 is 4.79 Å². The molecule has 17 heavy (non-hydrogen) atoms. The van der Waals surface area contributed by atoms with Crippen LogP contribution in [0.25, 0.3) is 11.0 Å². The van der Waals surface area contributed by atoms with E-state index >= 15 is 0 Å². The Morgan fingerprint density at radius 3 is 3.12 bits per heavy atom. The van der Waals surface area contributed by atoms with Gasteiger partial charge in [-0.2, -0.15) is 15.1 Å². The lowest BCUT2D eigenvalue weighted by Gasteiger charge is -2.05. The van der Waals surface area contributed by atoms with E-state index in [1.165, 1.54) is 0 Å². The molecule has 0 unspecified atom stereocenters. The average molecular weight is 255 g/mol. The van der Waals surface area contributed by atoms with E-state index < -0.39 is 0 Å². The average Bonchev–Trinajstić information content (AvgIpc) is 2.76. The van der Waals surface area contributed by atoms with Crippen LogP contribution >= 0.6 is 11.6 Å². The molecular weight excluding hydrogens is 244 g/mol.